The number of likely N-dealkylation sites (N-methyl/N-ethyl adjacent to an activating group) is 1. The van der Waals surface area contributed by atoms with Crippen molar-refractivity contribution in [2.75, 3.05) is 20.2 Å². The molecule has 1 amide bonds. The highest BCUT2D eigenvalue weighted by molar-refractivity contribution is 5.64. The third-order valence-corrected chi connectivity index (χ3v) is 1.29. The van der Waals surface area contributed by atoms with E-state index in [-0.39, 0.29) is 6.61 Å². The first-order valence-corrected chi connectivity index (χ1v) is 3.28. The average molecular weight is 159 g/mol. The van der Waals surface area contributed by atoms with Crippen molar-refractivity contribution in [3.8, 4) is 0 Å². The molecule has 0 saturated carbocycles. The highest BCUT2D eigenvalue weighted by Gasteiger charge is 2.01. The van der Waals surface area contributed by atoms with Crippen molar-refractivity contribution in [3.63, 3.8) is 0 Å². The fourth-order valence-corrected chi connectivity index (χ4v) is 0.435. The molecular weight excluding hydrogens is 146 g/mol. The lowest BCUT2D eigenvalue weighted by atomic mass is 10.3. The molecule has 0 aliphatic heterocycles. The molecule has 0 radical (unpaired) electrons. The first kappa shape index (κ1) is 9.97. The average Bonchev–Trinajstić information content (AvgIpc) is 1.99. The molecule has 4 heteroatoms. The van der Waals surface area contributed by atoms with Crippen molar-refractivity contribution < 1.29 is 15.0 Å². The van der Waals surface area contributed by atoms with E-state index in [1.165, 1.54) is 7.05 Å². The van der Waals surface area contributed by atoms with Crippen LogP contribution in [0.5, 0.6) is 0 Å². The van der Waals surface area contributed by atoms with Gasteiger partial charge in [-0.2, -0.15) is 0 Å². The minimum Gasteiger partial charge on any atom is -0.465 e. The standard InChI is InChI=1S/C7H13NO3/c1-6(5-9)3-4-8(2)7(10)11/h3,9H,4-5H2,1-2H3,(H,10,11). The predicted molar refractivity (Wildman–Crippen MR) is 41.5 cm³/mol. The van der Waals surface area contributed by atoms with Gasteiger partial charge in [-0.25, -0.2) is 4.79 Å². The maximum atomic E-state index is 10.2. The summed E-state index contributed by atoms with van der Waals surface area (Å²) in [5.41, 5.74) is 0.776. The van der Waals surface area contributed by atoms with Crippen molar-refractivity contribution in [1.29, 1.82) is 0 Å². The summed E-state index contributed by atoms with van der Waals surface area (Å²) in [5.74, 6) is 0. The Labute approximate surface area is 65.7 Å². The summed E-state index contributed by atoms with van der Waals surface area (Å²) < 4.78 is 0. The van der Waals surface area contributed by atoms with Crippen molar-refractivity contribution in [3.05, 3.63) is 11.6 Å². The van der Waals surface area contributed by atoms with Gasteiger partial charge in [-0.1, -0.05) is 11.6 Å². The Hall–Kier alpha value is -1.03. The quantitative estimate of drug-likeness (QED) is 0.590. The molecule has 2 N–H and O–H groups in total. The van der Waals surface area contributed by atoms with Crippen molar-refractivity contribution in [2.24, 2.45) is 0 Å². The molecule has 0 atom stereocenters. The van der Waals surface area contributed by atoms with Gasteiger partial charge in [0.1, 0.15) is 0 Å². The smallest absolute Gasteiger partial charge is 0.407 e. The van der Waals surface area contributed by atoms with Crippen LogP contribution in [0.4, 0.5) is 4.79 Å². The van der Waals surface area contributed by atoms with Crippen LogP contribution in [0.3, 0.4) is 0 Å². The molecule has 0 aromatic carbocycles. The van der Waals surface area contributed by atoms with Crippen LogP contribution in [-0.2, 0) is 0 Å². The van der Waals surface area contributed by atoms with Crippen LogP contribution in [0.1, 0.15) is 6.92 Å². The number of aliphatic hydroxyl groups excluding tert-OH is 1. The zero-order chi connectivity index (χ0) is 8.85. The second-order valence-corrected chi connectivity index (χ2v) is 2.37. The summed E-state index contributed by atoms with van der Waals surface area (Å²) in [6, 6.07) is 0. The highest BCUT2D eigenvalue weighted by Crippen LogP contribution is 1.91. The summed E-state index contributed by atoms with van der Waals surface area (Å²) in [4.78, 5) is 11.4. The number of aliphatic hydroxyl groups is 1. The monoisotopic (exact) mass is 159 g/mol. The minimum atomic E-state index is -0.966. The Morgan fingerprint density at radius 2 is 2.18 bits per heavy atom. The molecule has 0 aliphatic carbocycles. The molecule has 0 heterocycles. The van der Waals surface area contributed by atoms with Crippen LogP contribution >= 0.6 is 0 Å². The van der Waals surface area contributed by atoms with E-state index >= 15 is 0 Å². The molecule has 64 valence electrons. The van der Waals surface area contributed by atoms with E-state index in [2.05, 4.69) is 0 Å². The highest BCUT2D eigenvalue weighted by atomic mass is 16.4. The van der Waals surface area contributed by atoms with Crippen LogP contribution in [-0.4, -0.2) is 41.4 Å². The second-order valence-electron chi connectivity index (χ2n) is 2.37. The number of carboxylic acid groups (broad SMARTS) is 1. The fraction of sp³-hybridized carbons (Fsp3) is 0.571. The molecule has 11 heavy (non-hydrogen) atoms. The number of amides is 1. The molecule has 0 unspecified atom stereocenters. The number of hydrogen-bond acceptors (Lipinski definition) is 2. The first-order chi connectivity index (χ1) is 5.07. The first-order valence-electron chi connectivity index (χ1n) is 3.28. The van der Waals surface area contributed by atoms with E-state index in [0.717, 1.165) is 10.5 Å². The Balaban J connectivity index is 3.78. The third-order valence-electron chi connectivity index (χ3n) is 1.29. The summed E-state index contributed by atoms with van der Waals surface area (Å²) in [7, 11) is 1.48. The van der Waals surface area contributed by atoms with Gasteiger partial charge in [0.05, 0.1) is 6.61 Å². The zero-order valence-electron chi connectivity index (χ0n) is 6.74. The lowest BCUT2D eigenvalue weighted by Crippen LogP contribution is -2.24. The van der Waals surface area contributed by atoms with Crippen molar-refractivity contribution in [2.45, 2.75) is 6.92 Å². The second kappa shape index (κ2) is 4.73. The van der Waals surface area contributed by atoms with Gasteiger partial charge in [-0.05, 0) is 6.92 Å². The van der Waals surface area contributed by atoms with Crippen LogP contribution in [0, 0.1) is 0 Å². The number of hydrogen-bond donors (Lipinski definition) is 2. The Kier molecular flexibility index (Phi) is 4.29. The van der Waals surface area contributed by atoms with Gasteiger partial charge in [0.15, 0.2) is 0 Å². The molecule has 0 fully saturated rings. The minimum absolute atomic E-state index is 0.0204. The maximum Gasteiger partial charge on any atom is 0.407 e. The van der Waals surface area contributed by atoms with E-state index in [0.29, 0.717) is 6.54 Å². The van der Waals surface area contributed by atoms with Gasteiger partial charge in [0.2, 0.25) is 0 Å². The molecule has 4 nitrogen and oxygen atoms in total. The normalized spacial score (nSPS) is 11.4. The van der Waals surface area contributed by atoms with Gasteiger partial charge < -0.3 is 15.1 Å². The largest absolute Gasteiger partial charge is 0.465 e. The number of nitrogens with zero attached hydrogens (tertiary/aromatic N) is 1. The molecule has 0 aliphatic rings. The lowest BCUT2D eigenvalue weighted by Gasteiger charge is -2.09. The predicted octanol–water partition coefficient (Wildman–Crippen LogP) is 0.535. The topological polar surface area (TPSA) is 60.8 Å². The maximum absolute atomic E-state index is 10.2. The number of carbonyl (C=O) groups is 1. The zero-order valence-corrected chi connectivity index (χ0v) is 6.74. The molecule has 0 bridgehead atoms. The number of rotatable bonds is 3. The summed E-state index contributed by atoms with van der Waals surface area (Å²) >= 11 is 0. The van der Waals surface area contributed by atoms with Gasteiger partial charge in [-0.3, -0.25) is 0 Å². The molecule has 0 aromatic heterocycles. The SMILES string of the molecule is CC(=CCN(C)C(=O)O)CO. The molecule has 0 saturated heterocycles. The van der Waals surface area contributed by atoms with E-state index in [1.54, 1.807) is 13.0 Å². The summed E-state index contributed by atoms with van der Waals surface area (Å²) in [5, 5.41) is 17.0. The van der Waals surface area contributed by atoms with Crippen LogP contribution in [0.2, 0.25) is 0 Å². The van der Waals surface area contributed by atoms with E-state index in [4.69, 9.17) is 10.2 Å². The van der Waals surface area contributed by atoms with Gasteiger partial charge >= 0.3 is 6.09 Å². The molecular formula is C7H13NO3. The lowest BCUT2D eigenvalue weighted by molar-refractivity contribution is 0.160. The van der Waals surface area contributed by atoms with Gasteiger partial charge in [0, 0.05) is 13.6 Å². The van der Waals surface area contributed by atoms with E-state index < -0.39 is 6.09 Å². The Morgan fingerprint density at radius 3 is 2.55 bits per heavy atom. The summed E-state index contributed by atoms with van der Waals surface area (Å²) in [6.45, 7) is 2.05. The molecule has 0 spiro atoms. The van der Waals surface area contributed by atoms with E-state index in [1.807, 2.05) is 0 Å². The van der Waals surface area contributed by atoms with Crippen LogP contribution in [0.15, 0.2) is 11.6 Å². The molecule has 0 aromatic rings. The van der Waals surface area contributed by atoms with Crippen LogP contribution in [0.25, 0.3) is 0 Å². The van der Waals surface area contributed by atoms with Crippen LogP contribution < -0.4 is 0 Å². The fourth-order valence-electron chi connectivity index (χ4n) is 0.435. The summed E-state index contributed by atoms with van der Waals surface area (Å²) in [6.07, 6.45) is 0.709. The molecule has 0 rings (SSSR count). The third kappa shape index (κ3) is 4.38. The van der Waals surface area contributed by atoms with Gasteiger partial charge in [-0.15, -0.1) is 0 Å². The Morgan fingerprint density at radius 1 is 1.64 bits per heavy atom. The van der Waals surface area contributed by atoms with Crippen molar-refractivity contribution in [1.82, 2.24) is 4.90 Å². The van der Waals surface area contributed by atoms with E-state index in [9.17, 15) is 4.79 Å². The Bertz CT molecular complexity index is 165. The van der Waals surface area contributed by atoms with Crippen molar-refractivity contribution >= 4 is 6.09 Å². The van der Waals surface area contributed by atoms with Gasteiger partial charge in [0.25, 0.3) is 0 Å².